The van der Waals surface area contributed by atoms with Crippen LogP contribution in [0.3, 0.4) is 0 Å². The first kappa shape index (κ1) is 18.3. The van der Waals surface area contributed by atoms with Crippen molar-refractivity contribution in [3.8, 4) is 11.5 Å². The van der Waals surface area contributed by atoms with Crippen molar-refractivity contribution in [2.75, 3.05) is 12.4 Å². The van der Waals surface area contributed by atoms with Crippen molar-refractivity contribution in [3.05, 3.63) is 48.9 Å². The number of carbonyl (C=O) groups is 1. The molecule has 2 N–H and O–H groups in total. The van der Waals surface area contributed by atoms with Crippen molar-refractivity contribution in [2.24, 2.45) is 0 Å². The normalized spacial score (nSPS) is 10.5. The van der Waals surface area contributed by atoms with Crippen molar-refractivity contribution in [1.29, 1.82) is 0 Å². The van der Waals surface area contributed by atoms with Crippen LogP contribution in [0.15, 0.2) is 18.2 Å². The van der Waals surface area contributed by atoms with Crippen LogP contribution in [0.4, 0.5) is 5.69 Å². The fourth-order valence-electron chi connectivity index (χ4n) is 1.75. The third-order valence-corrected chi connectivity index (χ3v) is 5.15. The zero-order valence-electron chi connectivity index (χ0n) is 11.4. The average molecular weight is 415 g/mol. The maximum Gasteiger partial charge on any atom is 0.258 e. The molecule has 1 amide bonds. The van der Waals surface area contributed by atoms with E-state index >= 15 is 0 Å². The molecule has 0 atom stereocenters. The monoisotopic (exact) mass is 413 g/mol. The molecule has 0 fully saturated rings. The smallest absolute Gasteiger partial charge is 0.258 e. The van der Waals surface area contributed by atoms with Gasteiger partial charge in [-0.3, -0.25) is 4.79 Å². The molecule has 2 aromatic rings. The number of phenols is 1. The third kappa shape index (κ3) is 3.57. The molecule has 0 unspecified atom stereocenters. The van der Waals surface area contributed by atoms with E-state index in [1.165, 1.54) is 25.3 Å². The lowest BCUT2D eigenvalue weighted by molar-refractivity contribution is 0.102. The molecule has 2 rings (SSSR count). The van der Waals surface area contributed by atoms with Crippen molar-refractivity contribution in [2.45, 2.75) is 0 Å². The van der Waals surface area contributed by atoms with Gasteiger partial charge in [0.25, 0.3) is 5.91 Å². The van der Waals surface area contributed by atoms with E-state index in [0.717, 1.165) is 0 Å². The van der Waals surface area contributed by atoms with E-state index in [-0.39, 0.29) is 42.2 Å². The average Bonchev–Trinajstić information content (AvgIpc) is 2.53. The highest BCUT2D eigenvalue weighted by atomic mass is 35.5. The molecule has 0 heterocycles. The van der Waals surface area contributed by atoms with Gasteiger partial charge in [-0.15, -0.1) is 0 Å². The van der Waals surface area contributed by atoms with Crippen molar-refractivity contribution in [1.82, 2.24) is 0 Å². The minimum Gasteiger partial charge on any atom is -0.504 e. The molecule has 122 valence electrons. The number of benzene rings is 2. The first-order valence-corrected chi connectivity index (χ1v) is 7.86. The van der Waals surface area contributed by atoms with Crippen LogP contribution in [0.2, 0.25) is 25.1 Å². The second-order valence-electron chi connectivity index (χ2n) is 4.29. The van der Waals surface area contributed by atoms with E-state index in [1.807, 2.05) is 0 Å². The molecule has 0 bridgehead atoms. The molecule has 0 saturated heterocycles. The molecule has 0 spiro atoms. The van der Waals surface area contributed by atoms with Gasteiger partial charge in [0.05, 0.1) is 37.8 Å². The van der Waals surface area contributed by atoms with Gasteiger partial charge in [0.1, 0.15) is 0 Å². The number of anilines is 1. The van der Waals surface area contributed by atoms with Crippen molar-refractivity contribution in [3.63, 3.8) is 0 Å². The second-order valence-corrected chi connectivity index (χ2v) is 6.18. The largest absolute Gasteiger partial charge is 0.504 e. The minimum absolute atomic E-state index is 0.0359. The lowest BCUT2D eigenvalue weighted by atomic mass is 10.2. The first-order chi connectivity index (χ1) is 10.8. The number of amides is 1. The molecule has 23 heavy (non-hydrogen) atoms. The minimum atomic E-state index is -0.645. The zero-order valence-corrected chi connectivity index (χ0v) is 15.2. The van der Waals surface area contributed by atoms with E-state index in [1.54, 1.807) is 0 Å². The highest BCUT2D eigenvalue weighted by Gasteiger charge is 2.24. The highest BCUT2D eigenvalue weighted by Crippen LogP contribution is 2.44. The van der Waals surface area contributed by atoms with Gasteiger partial charge in [0.15, 0.2) is 11.5 Å². The number of rotatable bonds is 3. The number of aromatic hydroxyl groups is 1. The van der Waals surface area contributed by atoms with Gasteiger partial charge in [-0.05, 0) is 12.1 Å². The number of halogens is 5. The fourth-order valence-corrected chi connectivity index (χ4v) is 3.06. The lowest BCUT2D eigenvalue weighted by Gasteiger charge is -2.13. The van der Waals surface area contributed by atoms with Crippen LogP contribution in [0, 0.1) is 0 Å². The van der Waals surface area contributed by atoms with E-state index in [0.29, 0.717) is 5.69 Å². The van der Waals surface area contributed by atoms with Crippen molar-refractivity contribution >= 4 is 69.6 Å². The molecule has 4 nitrogen and oxygen atoms in total. The van der Waals surface area contributed by atoms with Gasteiger partial charge in [-0.25, -0.2) is 0 Å². The summed E-state index contributed by atoms with van der Waals surface area (Å²) in [4.78, 5) is 12.4. The summed E-state index contributed by atoms with van der Waals surface area (Å²) >= 11 is 29.8. The van der Waals surface area contributed by atoms with Crippen LogP contribution in [0.1, 0.15) is 10.4 Å². The number of ether oxygens (including phenoxy) is 1. The third-order valence-electron chi connectivity index (χ3n) is 2.87. The van der Waals surface area contributed by atoms with Crippen LogP contribution in [-0.4, -0.2) is 18.1 Å². The summed E-state index contributed by atoms with van der Waals surface area (Å²) in [7, 11) is 1.38. The van der Waals surface area contributed by atoms with Crippen LogP contribution < -0.4 is 10.1 Å². The number of phenolic OH excluding ortho intramolecular Hbond substituents is 1. The molecule has 2 aromatic carbocycles. The number of carbonyl (C=O) groups excluding carboxylic acids is 1. The van der Waals surface area contributed by atoms with Gasteiger partial charge >= 0.3 is 0 Å². The number of methoxy groups -OCH3 is 1. The Balaban J connectivity index is 2.43. The molecule has 0 aliphatic rings. The summed E-state index contributed by atoms with van der Waals surface area (Å²) in [6.07, 6.45) is 0. The van der Waals surface area contributed by atoms with Gasteiger partial charge in [-0.1, -0.05) is 58.0 Å². The zero-order chi connectivity index (χ0) is 17.3. The summed E-state index contributed by atoms with van der Waals surface area (Å²) in [6, 6.07) is 4.25. The summed E-state index contributed by atoms with van der Waals surface area (Å²) in [5, 5.41) is 11.7. The van der Waals surface area contributed by atoms with Crippen LogP contribution >= 0.6 is 58.0 Å². The Morgan fingerprint density at radius 1 is 1.00 bits per heavy atom. The Labute approximate surface area is 156 Å². The molecule has 0 aliphatic carbocycles. The van der Waals surface area contributed by atoms with Crippen LogP contribution in [0.25, 0.3) is 0 Å². The molecule has 9 heteroatoms. The summed E-state index contributed by atoms with van der Waals surface area (Å²) in [5.74, 6) is -0.528. The number of nitrogens with one attached hydrogen (secondary N) is 1. The quantitative estimate of drug-likeness (QED) is 0.372. The summed E-state index contributed by atoms with van der Waals surface area (Å²) in [6.45, 7) is 0. The predicted octanol–water partition coefficient (Wildman–Crippen LogP) is 5.92. The predicted molar refractivity (Wildman–Crippen MR) is 94.1 cm³/mol. The van der Waals surface area contributed by atoms with E-state index in [2.05, 4.69) is 5.32 Å². The van der Waals surface area contributed by atoms with Crippen molar-refractivity contribution < 1.29 is 14.6 Å². The Hall–Kier alpha value is -1.04. The topological polar surface area (TPSA) is 58.6 Å². The lowest BCUT2D eigenvalue weighted by Crippen LogP contribution is -2.13. The standard InChI is InChI=1S/C14H8Cl5NO3/c1-23-7-4-5(2-3-6(7)21)20-14(22)8-9(15)11(17)13(19)12(18)10(8)16/h2-4,21H,1H3,(H,20,22). The van der Waals surface area contributed by atoms with E-state index in [9.17, 15) is 9.90 Å². The second kappa shape index (κ2) is 7.24. The molecule has 0 aliphatic heterocycles. The first-order valence-electron chi connectivity index (χ1n) is 5.97. The Morgan fingerprint density at radius 2 is 1.52 bits per heavy atom. The summed E-state index contributed by atoms with van der Waals surface area (Å²) < 4.78 is 4.96. The van der Waals surface area contributed by atoms with Gasteiger partial charge in [-0.2, -0.15) is 0 Å². The summed E-state index contributed by atoms with van der Waals surface area (Å²) in [5.41, 5.74) is 0.235. The fraction of sp³-hybridized carbons (Fsp3) is 0.0714. The highest BCUT2D eigenvalue weighted by molar-refractivity contribution is 6.56. The number of hydrogen-bond acceptors (Lipinski definition) is 3. The molecular formula is C14H8Cl5NO3. The van der Waals surface area contributed by atoms with Crippen LogP contribution in [0.5, 0.6) is 11.5 Å². The number of hydrogen-bond donors (Lipinski definition) is 2. The Bertz CT molecular complexity index is 765. The van der Waals surface area contributed by atoms with E-state index in [4.69, 9.17) is 62.7 Å². The molecular weight excluding hydrogens is 407 g/mol. The Morgan fingerprint density at radius 3 is 2.04 bits per heavy atom. The molecule has 0 saturated carbocycles. The maximum atomic E-state index is 12.4. The van der Waals surface area contributed by atoms with Crippen LogP contribution in [-0.2, 0) is 0 Å². The maximum absolute atomic E-state index is 12.4. The van der Waals surface area contributed by atoms with Gasteiger partial charge in [0.2, 0.25) is 0 Å². The molecule has 0 radical (unpaired) electrons. The SMILES string of the molecule is COc1cc(NC(=O)c2c(Cl)c(Cl)c(Cl)c(Cl)c2Cl)ccc1O. The van der Waals surface area contributed by atoms with Gasteiger partial charge < -0.3 is 15.2 Å². The van der Waals surface area contributed by atoms with Gasteiger partial charge in [0, 0.05) is 11.8 Å². The Kier molecular flexibility index (Phi) is 5.76. The molecule has 0 aromatic heterocycles. The van der Waals surface area contributed by atoms with E-state index < -0.39 is 5.91 Å².